The van der Waals surface area contributed by atoms with Crippen LogP contribution in [0.15, 0.2) is 162 Å². The molecule has 0 radical (unpaired) electrons. The molecule has 0 atom stereocenters. The summed E-state index contributed by atoms with van der Waals surface area (Å²) in [7, 11) is 0. The quantitative estimate of drug-likeness (QED) is 0.186. The second-order valence-corrected chi connectivity index (χ2v) is 14.4. The maximum atomic E-state index is 6.91. The zero-order chi connectivity index (χ0) is 33.9. The molecule has 5 aromatic heterocycles. The summed E-state index contributed by atoms with van der Waals surface area (Å²) in [6, 6.07) is 55.6. The van der Waals surface area contributed by atoms with Gasteiger partial charge in [0.2, 0.25) is 0 Å². The first kappa shape index (κ1) is 28.0. The van der Waals surface area contributed by atoms with E-state index >= 15 is 0 Å². The first-order chi connectivity index (χ1) is 25.8. The molecule has 0 bridgehead atoms. The van der Waals surface area contributed by atoms with Gasteiger partial charge < -0.3 is 8.98 Å². The van der Waals surface area contributed by atoms with Crippen LogP contribution in [0.1, 0.15) is 0 Å². The minimum absolute atomic E-state index is 0.800. The largest absolute Gasteiger partial charge is 0.454 e. The molecule has 0 N–H and O–H groups in total. The lowest BCUT2D eigenvalue weighted by Gasteiger charge is -2.14. The van der Waals surface area contributed by atoms with Crippen molar-refractivity contribution >= 4 is 97.3 Å². The normalized spacial score (nSPS) is 12.2. The molecule has 0 fully saturated rings. The van der Waals surface area contributed by atoms with E-state index in [4.69, 9.17) is 14.4 Å². The number of hydrogen-bond acceptors (Lipinski definition) is 4. The number of hydrogen-bond donors (Lipinski definition) is 0. The molecule has 6 heteroatoms. The Morgan fingerprint density at radius 2 is 1.08 bits per heavy atom. The highest BCUT2D eigenvalue weighted by Gasteiger charge is 2.26. The van der Waals surface area contributed by atoms with E-state index in [9.17, 15) is 0 Å². The van der Waals surface area contributed by atoms with Crippen molar-refractivity contribution < 1.29 is 4.42 Å². The Bertz CT molecular complexity index is 3370. The van der Waals surface area contributed by atoms with E-state index < -0.39 is 0 Å². The van der Waals surface area contributed by atoms with E-state index in [1.165, 1.54) is 15.5 Å². The average molecular weight is 683 g/mol. The SMILES string of the molecule is c1ccc(-c2nc3sc4ccccc4c3nc2-n2c3ccccc3c3c4c(oc5ccccc54)c(-n4c5ccccc5c5ccccc54)cc32)cc1. The van der Waals surface area contributed by atoms with Gasteiger partial charge in [-0.15, -0.1) is 11.3 Å². The van der Waals surface area contributed by atoms with Gasteiger partial charge in [0.05, 0.1) is 27.8 Å². The zero-order valence-corrected chi connectivity index (χ0v) is 28.4. The van der Waals surface area contributed by atoms with Crippen molar-refractivity contribution in [1.29, 1.82) is 0 Å². The second kappa shape index (κ2) is 10.4. The van der Waals surface area contributed by atoms with E-state index in [1.54, 1.807) is 11.3 Å². The molecule has 12 rings (SSSR count). The highest BCUT2D eigenvalue weighted by Crippen LogP contribution is 2.46. The Kier molecular flexibility index (Phi) is 5.59. The zero-order valence-electron chi connectivity index (χ0n) is 27.6. The van der Waals surface area contributed by atoms with Crippen LogP contribution >= 0.6 is 11.3 Å². The van der Waals surface area contributed by atoms with E-state index in [0.717, 1.165) is 93.3 Å². The van der Waals surface area contributed by atoms with Crippen molar-refractivity contribution in [3.8, 4) is 22.8 Å². The van der Waals surface area contributed by atoms with E-state index in [-0.39, 0.29) is 0 Å². The molecule has 0 aliphatic carbocycles. The molecular formula is C46H26N4OS. The van der Waals surface area contributed by atoms with Crippen molar-refractivity contribution in [1.82, 2.24) is 19.1 Å². The fourth-order valence-corrected chi connectivity index (χ4v) is 9.38. The van der Waals surface area contributed by atoms with Crippen molar-refractivity contribution in [2.45, 2.75) is 0 Å². The molecule has 242 valence electrons. The molecular weight excluding hydrogens is 657 g/mol. The molecule has 0 unspecified atom stereocenters. The van der Waals surface area contributed by atoms with Gasteiger partial charge in [0.25, 0.3) is 0 Å². The van der Waals surface area contributed by atoms with Crippen molar-refractivity contribution in [2.75, 3.05) is 0 Å². The van der Waals surface area contributed by atoms with Gasteiger partial charge >= 0.3 is 0 Å². The summed E-state index contributed by atoms with van der Waals surface area (Å²) >= 11 is 1.69. The van der Waals surface area contributed by atoms with Crippen LogP contribution < -0.4 is 0 Å². The lowest BCUT2D eigenvalue weighted by Crippen LogP contribution is -2.03. The highest BCUT2D eigenvalue weighted by molar-refractivity contribution is 7.25. The third-order valence-electron chi connectivity index (χ3n) is 10.5. The van der Waals surface area contributed by atoms with Gasteiger partial charge in [-0.2, -0.15) is 0 Å². The first-order valence-electron chi connectivity index (χ1n) is 17.4. The summed E-state index contributed by atoms with van der Waals surface area (Å²) in [5.74, 6) is 0.800. The van der Waals surface area contributed by atoms with E-state index in [2.05, 4.69) is 155 Å². The number of fused-ring (bicyclic) bond motifs is 13. The molecule has 5 heterocycles. The fourth-order valence-electron chi connectivity index (χ4n) is 8.36. The predicted octanol–water partition coefficient (Wildman–Crippen LogP) is 12.6. The third-order valence-corrected chi connectivity index (χ3v) is 11.6. The molecule has 7 aromatic carbocycles. The van der Waals surface area contributed by atoms with Crippen molar-refractivity contribution in [3.05, 3.63) is 158 Å². The molecule has 12 aromatic rings. The van der Waals surface area contributed by atoms with Gasteiger partial charge in [-0.25, -0.2) is 9.97 Å². The van der Waals surface area contributed by atoms with E-state index in [0.29, 0.717) is 0 Å². The molecule has 0 saturated carbocycles. The minimum Gasteiger partial charge on any atom is -0.454 e. The van der Waals surface area contributed by atoms with Crippen LogP contribution in [0.5, 0.6) is 0 Å². The number of benzene rings is 7. The smallest absolute Gasteiger partial charge is 0.165 e. The molecule has 5 nitrogen and oxygen atoms in total. The number of furan rings is 1. The van der Waals surface area contributed by atoms with Gasteiger partial charge in [-0.05, 0) is 36.4 Å². The maximum Gasteiger partial charge on any atom is 0.165 e. The number of rotatable bonds is 3. The van der Waals surface area contributed by atoms with Crippen LogP contribution in [0.2, 0.25) is 0 Å². The van der Waals surface area contributed by atoms with Gasteiger partial charge in [-0.3, -0.25) is 4.57 Å². The van der Waals surface area contributed by atoms with Crippen molar-refractivity contribution in [2.24, 2.45) is 0 Å². The Balaban J connectivity index is 1.32. The summed E-state index contributed by atoms with van der Waals surface area (Å²) < 4.78 is 12.8. The second-order valence-electron chi connectivity index (χ2n) is 13.3. The van der Waals surface area contributed by atoms with Crippen LogP contribution in [0.4, 0.5) is 0 Å². The van der Waals surface area contributed by atoms with Crippen molar-refractivity contribution in [3.63, 3.8) is 0 Å². The van der Waals surface area contributed by atoms with Gasteiger partial charge in [0, 0.05) is 48.0 Å². The lowest BCUT2D eigenvalue weighted by atomic mass is 10.0. The summed E-state index contributed by atoms with van der Waals surface area (Å²) in [5, 5.41) is 7.98. The molecule has 52 heavy (non-hydrogen) atoms. The van der Waals surface area contributed by atoms with Gasteiger partial charge in [-0.1, -0.05) is 121 Å². The summed E-state index contributed by atoms with van der Waals surface area (Å²) in [5.41, 5.74) is 9.85. The monoisotopic (exact) mass is 682 g/mol. The average Bonchev–Trinajstić information content (AvgIpc) is 3.95. The molecule has 0 saturated heterocycles. The summed E-state index contributed by atoms with van der Waals surface area (Å²) in [6.07, 6.45) is 0. The molecule has 0 aliphatic rings. The lowest BCUT2D eigenvalue weighted by molar-refractivity contribution is 0.666. The number of para-hydroxylation sites is 4. The van der Waals surface area contributed by atoms with E-state index in [1.807, 2.05) is 12.1 Å². The molecule has 0 aliphatic heterocycles. The van der Waals surface area contributed by atoms with Gasteiger partial charge in [0.15, 0.2) is 11.4 Å². The first-order valence-corrected chi connectivity index (χ1v) is 18.2. The minimum atomic E-state index is 0.800. The standard InChI is InChI=1S/C46H26N4OS/c1-2-14-27(15-3-1)42-45(47-43-32-20-8-13-25-39(32)52-46(43)48-42)50-35-23-11-6-18-30(35)40-36(50)26-37(44-41(40)31-19-7-12-24-38(31)51-44)49-33-21-9-4-16-28(33)29-17-5-10-22-34(29)49/h1-26H. The number of aromatic nitrogens is 4. The fraction of sp³-hybridized carbons (Fsp3) is 0. The van der Waals surface area contributed by atoms with Crippen LogP contribution in [-0.4, -0.2) is 19.1 Å². The number of nitrogens with zero attached hydrogens (tertiary/aromatic N) is 4. The Morgan fingerprint density at radius 3 is 1.83 bits per heavy atom. The Morgan fingerprint density at radius 1 is 0.481 bits per heavy atom. The summed E-state index contributed by atoms with van der Waals surface area (Å²) in [6.45, 7) is 0. The number of thiophene rings is 1. The van der Waals surface area contributed by atoms with Crippen LogP contribution in [0.25, 0.3) is 109 Å². The van der Waals surface area contributed by atoms with Gasteiger partial charge in [0.1, 0.15) is 21.6 Å². The molecule has 0 amide bonds. The topological polar surface area (TPSA) is 48.8 Å². The third kappa shape index (κ3) is 3.71. The van der Waals surface area contributed by atoms with Crippen LogP contribution in [0, 0.1) is 0 Å². The van der Waals surface area contributed by atoms with Crippen LogP contribution in [0.3, 0.4) is 0 Å². The summed E-state index contributed by atoms with van der Waals surface area (Å²) in [4.78, 5) is 11.9. The molecule has 0 spiro atoms. The van der Waals surface area contributed by atoms with Crippen LogP contribution in [-0.2, 0) is 0 Å². The Labute approximate surface area is 300 Å². The predicted molar refractivity (Wildman–Crippen MR) is 216 cm³/mol. The maximum absolute atomic E-state index is 6.91. The highest BCUT2D eigenvalue weighted by atomic mass is 32.1. The Hall–Kier alpha value is -6.76.